The Bertz CT molecular complexity index is 223. The van der Waals surface area contributed by atoms with Crippen LogP contribution in [-0.4, -0.2) is 7.85 Å². The molecule has 0 aliphatic heterocycles. The van der Waals surface area contributed by atoms with E-state index in [0.717, 1.165) is 18.2 Å². The van der Waals surface area contributed by atoms with E-state index in [1.807, 2.05) is 13.8 Å². The van der Waals surface area contributed by atoms with Crippen LogP contribution in [0.25, 0.3) is 0 Å². The molecule has 3 heteroatoms. The third-order valence-corrected chi connectivity index (χ3v) is 0.958. The van der Waals surface area contributed by atoms with Crippen molar-refractivity contribution in [1.82, 2.24) is 0 Å². The molecule has 58 valence electrons. The fraction of sp³-hybridized carbons (Fsp3) is 0.250. The van der Waals surface area contributed by atoms with E-state index >= 15 is 0 Å². The maximum absolute atomic E-state index is 12.2. The van der Waals surface area contributed by atoms with Gasteiger partial charge in [-0.1, -0.05) is 19.3 Å². The molecule has 0 bridgehead atoms. The lowest BCUT2D eigenvalue weighted by molar-refractivity contribution is 0.607. The van der Waals surface area contributed by atoms with Crippen molar-refractivity contribution in [2.75, 3.05) is 0 Å². The molecule has 1 aromatic carbocycles. The summed E-state index contributed by atoms with van der Waals surface area (Å²) in [6, 6.07) is 2.95. The van der Waals surface area contributed by atoms with Gasteiger partial charge in [0.25, 0.3) is 0 Å². The molecule has 0 N–H and O–H groups in total. The molecule has 0 amide bonds. The van der Waals surface area contributed by atoms with Crippen molar-refractivity contribution in [3.63, 3.8) is 0 Å². The molecule has 0 nitrogen and oxygen atoms in total. The Morgan fingerprint density at radius 1 is 1.18 bits per heavy atom. The van der Waals surface area contributed by atoms with Crippen molar-refractivity contribution < 1.29 is 8.78 Å². The van der Waals surface area contributed by atoms with Crippen LogP contribution in [0, 0.1) is 11.6 Å². The van der Waals surface area contributed by atoms with Gasteiger partial charge in [0.05, 0.1) is 0 Å². The Labute approximate surface area is 66.6 Å². The molecule has 0 saturated heterocycles. The van der Waals surface area contributed by atoms with Crippen LogP contribution in [0.15, 0.2) is 18.2 Å². The Morgan fingerprint density at radius 2 is 1.73 bits per heavy atom. The topological polar surface area (TPSA) is 0 Å². The molecule has 0 saturated carbocycles. The largest absolute Gasteiger partial charge is 0.208 e. The van der Waals surface area contributed by atoms with Gasteiger partial charge in [0.2, 0.25) is 0 Å². The van der Waals surface area contributed by atoms with E-state index in [0.29, 0.717) is 0 Å². The first-order valence-corrected chi connectivity index (χ1v) is 3.40. The molecule has 0 aliphatic rings. The number of rotatable bonds is 0. The van der Waals surface area contributed by atoms with E-state index in [9.17, 15) is 8.78 Å². The molecule has 0 spiro atoms. The molecule has 2 radical (unpaired) electrons. The van der Waals surface area contributed by atoms with Crippen LogP contribution < -0.4 is 5.46 Å². The predicted octanol–water partition coefficient (Wildman–Crippen LogP) is 1.78. The summed E-state index contributed by atoms with van der Waals surface area (Å²) in [7, 11) is 5.01. The summed E-state index contributed by atoms with van der Waals surface area (Å²) >= 11 is 0. The highest BCUT2D eigenvalue weighted by Crippen LogP contribution is 1.95. The molecule has 1 rings (SSSR count). The third-order valence-electron chi connectivity index (χ3n) is 0.958. The van der Waals surface area contributed by atoms with Gasteiger partial charge in [0, 0.05) is 0 Å². The Kier molecular flexibility index (Phi) is 4.50. The number of hydrogen-bond donors (Lipinski definition) is 0. The molecular weight excluding hydrogens is 145 g/mol. The average molecular weight is 154 g/mol. The number of hydrogen-bond acceptors (Lipinski definition) is 0. The summed E-state index contributed by atoms with van der Waals surface area (Å²) in [5.74, 6) is -1.11. The summed E-state index contributed by atoms with van der Waals surface area (Å²) in [6.45, 7) is 4.00. The monoisotopic (exact) mass is 154 g/mol. The molecular formula is C8H9BF2. The summed E-state index contributed by atoms with van der Waals surface area (Å²) in [4.78, 5) is 0. The number of benzene rings is 1. The molecule has 0 atom stereocenters. The van der Waals surface area contributed by atoms with Gasteiger partial charge in [0.1, 0.15) is 19.5 Å². The number of halogens is 2. The predicted molar refractivity (Wildman–Crippen MR) is 43.1 cm³/mol. The van der Waals surface area contributed by atoms with Gasteiger partial charge in [-0.05, 0) is 18.2 Å². The van der Waals surface area contributed by atoms with Crippen LogP contribution in [-0.2, 0) is 0 Å². The van der Waals surface area contributed by atoms with Crippen LogP contribution in [0.4, 0.5) is 8.78 Å². The van der Waals surface area contributed by atoms with E-state index in [-0.39, 0.29) is 5.46 Å². The van der Waals surface area contributed by atoms with Crippen molar-refractivity contribution in [2.24, 2.45) is 0 Å². The van der Waals surface area contributed by atoms with Gasteiger partial charge >= 0.3 is 0 Å². The molecule has 0 fully saturated rings. The van der Waals surface area contributed by atoms with Crippen molar-refractivity contribution in [3.8, 4) is 0 Å². The van der Waals surface area contributed by atoms with E-state index in [1.165, 1.54) is 0 Å². The highest BCUT2D eigenvalue weighted by molar-refractivity contribution is 6.32. The Hall–Kier alpha value is -0.855. The van der Waals surface area contributed by atoms with Crippen molar-refractivity contribution in [2.45, 2.75) is 13.8 Å². The zero-order valence-corrected chi connectivity index (χ0v) is 6.57. The zero-order valence-electron chi connectivity index (χ0n) is 6.57. The summed E-state index contributed by atoms with van der Waals surface area (Å²) < 4.78 is 24.3. The minimum absolute atomic E-state index is 0.157. The van der Waals surface area contributed by atoms with Crippen molar-refractivity contribution in [3.05, 3.63) is 29.8 Å². The Balaban J connectivity index is 0.000000461. The minimum atomic E-state index is -0.587. The van der Waals surface area contributed by atoms with Gasteiger partial charge < -0.3 is 0 Å². The third kappa shape index (κ3) is 3.17. The SMILES string of the molecule is CC.[B]c1cc(F)ccc1F. The molecule has 0 heterocycles. The van der Waals surface area contributed by atoms with Crippen molar-refractivity contribution in [1.29, 1.82) is 0 Å². The lowest BCUT2D eigenvalue weighted by atomic mass is 9.96. The van der Waals surface area contributed by atoms with Gasteiger partial charge in [-0.3, -0.25) is 0 Å². The molecule has 11 heavy (non-hydrogen) atoms. The fourth-order valence-corrected chi connectivity index (χ4v) is 0.515. The highest BCUT2D eigenvalue weighted by Gasteiger charge is 1.95. The highest BCUT2D eigenvalue weighted by atomic mass is 19.1. The summed E-state index contributed by atoms with van der Waals surface area (Å²) in [6.07, 6.45) is 0. The van der Waals surface area contributed by atoms with Gasteiger partial charge in [0.15, 0.2) is 0 Å². The molecule has 1 aromatic rings. The van der Waals surface area contributed by atoms with Crippen LogP contribution in [0.2, 0.25) is 0 Å². The van der Waals surface area contributed by atoms with E-state index in [4.69, 9.17) is 7.85 Å². The second-order valence-corrected chi connectivity index (χ2v) is 1.67. The first kappa shape index (κ1) is 10.1. The average Bonchev–Trinajstić information content (AvgIpc) is 2.02. The van der Waals surface area contributed by atoms with Gasteiger partial charge in [-0.25, -0.2) is 8.78 Å². The summed E-state index contributed by atoms with van der Waals surface area (Å²) in [5.41, 5.74) is -0.157. The van der Waals surface area contributed by atoms with E-state index in [1.54, 1.807) is 0 Å². The zero-order chi connectivity index (χ0) is 8.85. The van der Waals surface area contributed by atoms with E-state index in [2.05, 4.69) is 0 Å². The normalized spacial score (nSPS) is 8.36. The van der Waals surface area contributed by atoms with E-state index < -0.39 is 11.6 Å². The van der Waals surface area contributed by atoms with Crippen molar-refractivity contribution >= 4 is 13.3 Å². The molecule has 0 aliphatic carbocycles. The molecule has 0 unspecified atom stereocenters. The fourth-order valence-electron chi connectivity index (χ4n) is 0.515. The Morgan fingerprint density at radius 3 is 2.09 bits per heavy atom. The second kappa shape index (κ2) is 4.88. The van der Waals surface area contributed by atoms with Crippen LogP contribution in [0.1, 0.15) is 13.8 Å². The van der Waals surface area contributed by atoms with Crippen LogP contribution in [0.3, 0.4) is 0 Å². The second-order valence-electron chi connectivity index (χ2n) is 1.67. The maximum atomic E-state index is 12.2. The standard InChI is InChI=1S/C6H3BF2.C2H6/c7-5-3-4(8)1-2-6(5)9;1-2/h1-3H;1-2H3. The van der Waals surface area contributed by atoms with Gasteiger partial charge in [-0.15, -0.1) is 0 Å². The quantitative estimate of drug-likeness (QED) is 0.499. The smallest absolute Gasteiger partial charge is 0.122 e. The summed E-state index contributed by atoms with van der Waals surface area (Å²) in [5, 5.41) is 0. The minimum Gasteiger partial charge on any atom is -0.208 e. The van der Waals surface area contributed by atoms with Crippen LogP contribution >= 0.6 is 0 Å². The van der Waals surface area contributed by atoms with Crippen LogP contribution in [0.5, 0.6) is 0 Å². The maximum Gasteiger partial charge on any atom is 0.122 e. The first-order chi connectivity index (χ1) is 5.20. The lowest BCUT2D eigenvalue weighted by Crippen LogP contribution is -2.07. The molecule has 0 aromatic heterocycles. The van der Waals surface area contributed by atoms with Gasteiger partial charge in [-0.2, -0.15) is 0 Å². The first-order valence-electron chi connectivity index (χ1n) is 3.40. The lowest BCUT2D eigenvalue weighted by Gasteiger charge is -1.92.